The number of hydrogen-bond donors (Lipinski definition) is 0. The number of hydrogen-bond acceptors (Lipinski definition) is 1. The monoisotopic (exact) mass is 132 g/mol. The fourth-order valence-electron chi connectivity index (χ4n) is 0.235. The van der Waals surface area contributed by atoms with Gasteiger partial charge in [0.05, 0.1) is 13.2 Å². The Labute approximate surface area is 54.0 Å². The molecule has 0 aromatic heterocycles. The highest BCUT2D eigenvalue weighted by atomic mass is 31.0. The highest BCUT2D eigenvalue weighted by Crippen LogP contribution is 1.72. The van der Waals surface area contributed by atoms with E-state index in [1.807, 2.05) is 0 Å². The maximum Gasteiger partial charge on any atom is 0.0649 e. The van der Waals surface area contributed by atoms with Crippen LogP contribution in [0, 0.1) is 0 Å². The number of ether oxygens (including phenoxy) is 1. The maximum absolute atomic E-state index is 4.90. The van der Waals surface area contributed by atoms with Crippen molar-refractivity contribution in [3.63, 3.8) is 0 Å². The Balaban J connectivity index is 0. The molecule has 0 fully saturated rings. The van der Waals surface area contributed by atoms with Gasteiger partial charge in [0.25, 0.3) is 0 Å². The minimum Gasteiger partial charge on any atom is -0.373 e. The molecule has 0 aliphatic rings. The van der Waals surface area contributed by atoms with Crippen LogP contribution in [-0.4, -0.2) is 13.2 Å². The predicted octanol–water partition coefficient (Wildman–Crippen LogP) is 1.43. The molecule has 0 saturated carbocycles. The third-order valence-electron chi connectivity index (χ3n) is 0.471. The van der Waals surface area contributed by atoms with Crippen LogP contribution in [0.3, 0.4) is 0 Å². The maximum atomic E-state index is 4.90. The molecule has 0 aromatic carbocycles. The van der Waals surface area contributed by atoms with Crippen LogP contribution in [-0.2, 0) is 4.74 Å². The molecule has 8 heavy (non-hydrogen) atoms. The molecule has 1 nitrogen and oxygen atoms in total. The molecular formula is C6H13OP. The largest absolute Gasteiger partial charge is 0.373 e. The second-order valence-corrected chi connectivity index (χ2v) is 1.11. The van der Waals surface area contributed by atoms with Gasteiger partial charge in [0, 0.05) is 0 Å². The van der Waals surface area contributed by atoms with Crippen LogP contribution >= 0.6 is 9.90 Å². The Morgan fingerprint density at radius 1 is 1.12 bits per heavy atom. The second kappa shape index (κ2) is 9.98. The van der Waals surface area contributed by atoms with Crippen molar-refractivity contribution >= 4 is 9.90 Å². The lowest BCUT2D eigenvalue weighted by atomic mass is 10.6. The summed E-state index contributed by atoms with van der Waals surface area (Å²) in [5.41, 5.74) is 0. The van der Waals surface area contributed by atoms with Gasteiger partial charge in [0.15, 0.2) is 0 Å². The zero-order chi connectivity index (χ0) is 5.54. The minimum atomic E-state index is 0. The first-order valence-corrected chi connectivity index (χ1v) is 2.21. The van der Waals surface area contributed by atoms with Gasteiger partial charge in [-0.25, -0.2) is 0 Å². The van der Waals surface area contributed by atoms with Gasteiger partial charge in [-0.15, -0.1) is 13.2 Å². The predicted molar refractivity (Wildman–Crippen MR) is 42.3 cm³/mol. The van der Waals surface area contributed by atoms with Crippen molar-refractivity contribution in [1.29, 1.82) is 0 Å². The Hall–Kier alpha value is -0.130. The highest BCUT2D eigenvalue weighted by molar-refractivity contribution is 6.92. The minimum absolute atomic E-state index is 0. The summed E-state index contributed by atoms with van der Waals surface area (Å²) in [5.74, 6) is 0. The number of rotatable bonds is 4. The highest BCUT2D eigenvalue weighted by Gasteiger charge is 1.70. The third-order valence-corrected chi connectivity index (χ3v) is 0.471. The van der Waals surface area contributed by atoms with Gasteiger partial charge >= 0.3 is 0 Å². The van der Waals surface area contributed by atoms with Gasteiger partial charge in [-0.3, -0.25) is 0 Å². The summed E-state index contributed by atoms with van der Waals surface area (Å²) >= 11 is 0. The van der Waals surface area contributed by atoms with E-state index in [4.69, 9.17) is 4.74 Å². The first kappa shape index (κ1) is 10.8. The van der Waals surface area contributed by atoms with E-state index in [2.05, 4.69) is 13.2 Å². The van der Waals surface area contributed by atoms with Gasteiger partial charge in [0.1, 0.15) is 0 Å². The average Bonchev–Trinajstić information content (AvgIpc) is 1.69. The lowest BCUT2D eigenvalue weighted by molar-refractivity contribution is 0.194. The van der Waals surface area contributed by atoms with Crippen LogP contribution < -0.4 is 0 Å². The molecule has 48 valence electrons. The van der Waals surface area contributed by atoms with E-state index in [0.717, 1.165) is 0 Å². The van der Waals surface area contributed by atoms with E-state index in [1.165, 1.54) is 0 Å². The molecule has 0 rings (SSSR count). The van der Waals surface area contributed by atoms with Crippen LogP contribution in [0.4, 0.5) is 0 Å². The van der Waals surface area contributed by atoms with E-state index in [0.29, 0.717) is 13.2 Å². The third kappa shape index (κ3) is 9.30. The van der Waals surface area contributed by atoms with Crippen LogP contribution in [0.2, 0.25) is 0 Å². The second-order valence-electron chi connectivity index (χ2n) is 1.11. The van der Waals surface area contributed by atoms with Crippen molar-refractivity contribution in [2.45, 2.75) is 0 Å². The summed E-state index contributed by atoms with van der Waals surface area (Å²) < 4.78 is 4.90. The first-order valence-electron chi connectivity index (χ1n) is 2.21. The Morgan fingerprint density at radius 2 is 1.50 bits per heavy atom. The lowest BCUT2D eigenvalue weighted by Gasteiger charge is -1.89. The van der Waals surface area contributed by atoms with E-state index >= 15 is 0 Å². The summed E-state index contributed by atoms with van der Waals surface area (Å²) in [6.07, 6.45) is 3.42. The molecule has 0 bridgehead atoms. The fourth-order valence-corrected chi connectivity index (χ4v) is 0.235. The average molecular weight is 132 g/mol. The molecule has 0 spiro atoms. The fraction of sp³-hybridized carbons (Fsp3) is 0.333. The molecular weight excluding hydrogens is 119 g/mol. The molecule has 0 aliphatic carbocycles. The standard InChI is InChI=1S/C6H10O.H3P/c1-3-5-7-6-4-2;/h3-4H,1-2,5-6H2;1H3. The molecule has 1 unspecified atom stereocenters. The summed E-state index contributed by atoms with van der Waals surface area (Å²) in [6, 6.07) is 0. The molecule has 1 atom stereocenters. The van der Waals surface area contributed by atoms with Crippen molar-refractivity contribution in [1.82, 2.24) is 0 Å². The van der Waals surface area contributed by atoms with Crippen molar-refractivity contribution in [2.24, 2.45) is 0 Å². The van der Waals surface area contributed by atoms with Gasteiger partial charge in [0.2, 0.25) is 0 Å². The van der Waals surface area contributed by atoms with Gasteiger partial charge in [-0.1, -0.05) is 12.2 Å². The molecule has 0 radical (unpaired) electrons. The van der Waals surface area contributed by atoms with Crippen molar-refractivity contribution in [3.8, 4) is 0 Å². The van der Waals surface area contributed by atoms with Crippen LogP contribution in [0.15, 0.2) is 25.3 Å². The van der Waals surface area contributed by atoms with Gasteiger partial charge in [-0.2, -0.15) is 9.90 Å². The molecule has 0 aromatic rings. The molecule has 0 N–H and O–H groups in total. The summed E-state index contributed by atoms with van der Waals surface area (Å²) in [6.45, 7) is 8.18. The van der Waals surface area contributed by atoms with Gasteiger partial charge < -0.3 is 4.74 Å². The normalized spacial score (nSPS) is 7.00. The molecule has 0 saturated heterocycles. The summed E-state index contributed by atoms with van der Waals surface area (Å²) in [4.78, 5) is 0. The van der Waals surface area contributed by atoms with Crippen LogP contribution in [0.25, 0.3) is 0 Å². The van der Waals surface area contributed by atoms with Gasteiger partial charge in [-0.05, 0) is 0 Å². The Morgan fingerprint density at radius 3 is 1.75 bits per heavy atom. The summed E-state index contributed by atoms with van der Waals surface area (Å²) in [7, 11) is 0. The molecule has 0 heterocycles. The molecule has 0 amide bonds. The van der Waals surface area contributed by atoms with Crippen molar-refractivity contribution in [2.75, 3.05) is 13.2 Å². The zero-order valence-electron chi connectivity index (χ0n) is 5.10. The van der Waals surface area contributed by atoms with Crippen LogP contribution in [0.5, 0.6) is 0 Å². The van der Waals surface area contributed by atoms with E-state index in [1.54, 1.807) is 12.2 Å². The Kier molecular flexibility index (Phi) is 13.4. The van der Waals surface area contributed by atoms with E-state index in [-0.39, 0.29) is 9.90 Å². The molecule has 2 heteroatoms. The van der Waals surface area contributed by atoms with Crippen molar-refractivity contribution in [3.05, 3.63) is 25.3 Å². The Bertz CT molecular complexity index is 53.5. The van der Waals surface area contributed by atoms with Crippen molar-refractivity contribution < 1.29 is 4.74 Å². The van der Waals surface area contributed by atoms with E-state index < -0.39 is 0 Å². The summed E-state index contributed by atoms with van der Waals surface area (Å²) in [5, 5.41) is 0. The quantitative estimate of drug-likeness (QED) is 0.319. The zero-order valence-corrected chi connectivity index (χ0v) is 6.51. The molecule has 0 aliphatic heterocycles. The smallest absolute Gasteiger partial charge is 0.0649 e. The van der Waals surface area contributed by atoms with E-state index in [9.17, 15) is 0 Å². The SMILES string of the molecule is C=CCOCC=C.P. The first-order chi connectivity index (χ1) is 3.41. The lowest BCUT2D eigenvalue weighted by Crippen LogP contribution is -1.87. The van der Waals surface area contributed by atoms with Crippen LogP contribution in [0.1, 0.15) is 0 Å². The topological polar surface area (TPSA) is 9.23 Å².